The summed E-state index contributed by atoms with van der Waals surface area (Å²) in [6.07, 6.45) is 1.31. The smallest absolute Gasteiger partial charge is 0.232 e. The second-order valence-corrected chi connectivity index (χ2v) is 4.16. The molecule has 0 saturated heterocycles. The molecule has 0 spiro atoms. The highest BCUT2D eigenvalue weighted by molar-refractivity contribution is 6.66. The lowest BCUT2D eigenvalue weighted by Crippen LogP contribution is -2.01. The molecule has 0 bridgehead atoms. The van der Waals surface area contributed by atoms with E-state index in [9.17, 15) is 5.11 Å². The first kappa shape index (κ1) is 8.91. The molecule has 2 nitrogen and oxygen atoms in total. The van der Waals surface area contributed by atoms with E-state index in [0.29, 0.717) is 0 Å². The van der Waals surface area contributed by atoms with Crippen molar-refractivity contribution in [2.24, 2.45) is 0 Å². The second kappa shape index (κ2) is 3.05. The second-order valence-electron chi connectivity index (χ2n) is 1.87. The zero-order valence-electron chi connectivity index (χ0n) is 5.22. The van der Waals surface area contributed by atoms with E-state index in [2.05, 4.69) is 4.98 Å². The minimum Gasteiger partial charge on any atom is -0.290 e. The van der Waals surface area contributed by atoms with Gasteiger partial charge in [0, 0.05) is 18.3 Å². The molecule has 1 aromatic heterocycles. The summed E-state index contributed by atoms with van der Waals surface area (Å²) in [5, 5.41) is 10.7. The van der Waals surface area contributed by atoms with Crippen LogP contribution in [0.15, 0.2) is 18.3 Å². The van der Waals surface area contributed by atoms with Gasteiger partial charge in [0.1, 0.15) is 0 Å². The molecule has 0 fully saturated rings. The molecule has 11 heavy (non-hydrogen) atoms. The van der Waals surface area contributed by atoms with Crippen molar-refractivity contribution in [1.29, 1.82) is 0 Å². The van der Waals surface area contributed by atoms with E-state index >= 15 is 0 Å². The van der Waals surface area contributed by atoms with Crippen molar-refractivity contribution in [3.05, 3.63) is 24.0 Å². The third-order valence-corrected chi connectivity index (χ3v) is 1.60. The summed E-state index contributed by atoms with van der Waals surface area (Å²) in [4.78, 5) is 3.72. The van der Waals surface area contributed by atoms with Gasteiger partial charge in [-0.15, -0.1) is 0 Å². The van der Waals surface area contributed by atoms with Gasteiger partial charge in [-0.25, -0.2) is 0 Å². The van der Waals surface area contributed by atoms with Crippen molar-refractivity contribution in [2.45, 2.75) is 3.79 Å². The highest BCUT2D eigenvalue weighted by Crippen LogP contribution is 2.37. The van der Waals surface area contributed by atoms with Crippen LogP contribution in [0.4, 0.5) is 0 Å². The fraction of sp³-hybridized carbons (Fsp3) is 0.167. The Hall–Kier alpha value is -0.180. The van der Waals surface area contributed by atoms with Crippen molar-refractivity contribution in [3.8, 4) is 5.75 Å². The Bertz CT molecular complexity index is 258. The molecular weight excluding hydrogens is 208 g/mol. The monoisotopic (exact) mass is 210 g/mol. The zero-order valence-corrected chi connectivity index (χ0v) is 7.49. The normalized spacial score (nSPS) is 11.5. The molecule has 59 valence electrons. The maximum Gasteiger partial charge on any atom is 0.232 e. The van der Waals surface area contributed by atoms with Crippen LogP contribution in [-0.2, 0) is 8.90 Å². The third kappa shape index (κ3) is 2.40. The van der Waals surface area contributed by atoms with Gasteiger partial charge < -0.3 is 0 Å². The van der Waals surface area contributed by atoms with Crippen LogP contribution in [0.25, 0.3) is 0 Å². The van der Waals surface area contributed by atoms with E-state index in [-0.39, 0.29) is 11.4 Å². The first-order valence-corrected chi connectivity index (χ1v) is 3.84. The Kier molecular flexibility index (Phi) is 2.47. The topological polar surface area (TPSA) is 32.8 Å². The standard InChI is InChI=1S/C6H3Cl3NO/c7-6(8,9)5-3-4(11)1-2-10-5/h1-3H. The van der Waals surface area contributed by atoms with Crippen LogP contribution in [0, 0.1) is 0 Å². The molecular formula is C6H3Cl3NO. The lowest BCUT2D eigenvalue weighted by atomic mass is 10.3. The molecule has 0 aromatic carbocycles. The van der Waals surface area contributed by atoms with E-state index in [1.807, 2.05) is 0 Å². The molecule has 1 radical (unpaired) electrons. The summed E-state index contributed by atoms with van der Waals surface area (Å²) in [5.74, 6) is -0.221. The van der Waals surface area contributed by atoms with Gasteiger partial charge in [-0.05, 0) is 0 Å². The fourth-order valence-corrected chi connectivity index (χ4v) is 0.876. The Morgan fingerprint density at radius 2 is 2.00 bits per heavy atom. The Labute approximate surface area is 78.7 Å². The lowest BCUT2D eigenvalue weighted by Gasteiger charge is -2.08. The van der Waals surface area contributed by atoms with Crippen molar-refractivity contribution in [1.82, 2.24) is 4.98 Å². The summed E-state index contributed by atoms with van der Waals surface area (Å²) < 4.78 is -1.61. The molecule has 1 rings (SSSR count). The Balaban J connectivity index is 3.06. The van der Waals surface area contributed by atoms with E-state index in [4.69, 9.17) is 34.8 Å². The van der Waals surface area contributed by atoms with E-state index in [0.717, 1.165) is 0 Å². The quantitative estimate of drug-likeness (QED) is 0.607. The van der Waals surface area contributed by atoms with Crippen LogP contribution < -0.4 is 0 Å². The van der Waals surface area contributed by atoms with Gasteiger partial charge in [0.05, 0.1) is 5.69 Å². The number of alkyl halides is 3. The fourth-order valence-electron chi connectivity index (χ4n) is 0.566. The summed E-state index contributed by atoms with van der Waals surface area (Å²) in [5.41, 5.74) is 0.148. The zero-order chi connectivity index (χ0) is 8.48. The molecule has 1 heterocycles. The maximum atomic E-state index is 10.7. The molecule has 0 N–H and O–H groups in total. The number of halogens is 3. The van der Waals surface area contributed by atoms with Gasteiger partial charge >= 0.3 is 0 Å². The van der Waals surface area contributed by atoms with Crippen LogP contribution in [0.3, 0.4) is 0 Å². The first-order valence-electron chi connectivity index (χ1n) is 2.70. The molecule has 0 aliphatic rings. The number of hydrogen-bond donors (Lipinski definition) is 0. The van der Waals surface area contributed by atoms with E-state index in [1.54, 1.807) is 0 Å². The summed E-state index contributed by atoms with van der Waals surface area (Å²) in [6, 6.07) is 2.48. The summed E-state index contributed by atoms with van der Waals surface area (Å²) >= 11 is 16.4. The third-order valence-electron chi connectivity index (χ3n) is 1.02. The first-order chi connectivity index (χ1) is 5.00. The van der Waals surface area contributed by atoms with E-state index in [1.165, 1.54) is 18.3 Å². The Morgan fingerprint density at radius 1 is 1.36 bits per heavy atom. The highest BCUT2D eigenvalue weighted by atomic mass is 35.6. The maximum absolute atomic E-state index is 10.7. The molecule has 0 atom stereocenters. The molecule has 0 aliphatic carbocycles. The largest absolute Gasteiger partial charge is 0.290 e. The van der Waals surface area contributed by atoms with Gasteiger partial charge in [-0.3, -0.25) is 10.1 Å². The average Bonchev–Trinajstić information content (AvgIpc) is 1.86. The minimum atomic E-state index is -1.61. The lowest BCUT2D eigenvalue weighted by molar-refractivity contribution is 0.354. The number of rotatable bonds is 0. The number of pyridine rings is 1. The molecule has 0 amide bonds. The van der Waals surface area contributed by atoms with Crippen LogP contribution >= 0.6 is 34.8 Å². The number of hydrogen-bond acceptors (Lipinski definition) is 1. The van der Waals surface area contributed by atoms with Crippen molar-refractivity contribution >= 4 is 34.8 Å². The van der Waals surface area contributed by atoms with Gasteiger partial charge in [-0.2, -0.15) is 0 Å². The SMILES string of the molecule is [O]c1ccnc(C(Cl)(Cl)Cl)c1. The minimum absolute atomic E-state index is 0.148. The molecule has 1 aromatic rings. The summed E-state index contributed by atoms with van der Waals surface area (Å²) in [7, 11) is 0. The molecule has 0 saturated carbocycles. The van der Waals surface area contributed by atoms with E-state index < -0.39 is 3.79 Å². The highest BCUT2D eigenvalue weighted by Gasteiger charge is 2.24. The van der Waals surface area contributed by atoms with Crippen LogP contribution in [0.5, 0.6) is 5.75 Å². The molecule has 5 heteroatoms. The Morgan fingerprint density at radius 3 is 2.36 bits per heavy atom. The summed E-state index contributed by atoms with van der Waals surface area (Å²) in [6.45, 7) is 0. The molecule has 0 unspecified atom stereocenters. The van der Waals surface area contributed by atoms with Crippen LogP contribution in [-0.4, -0.2) is 4.98 Å². The van der Waals surface area contributed by atoms with Crippen molar-refractivity contribution < 1.29 is 5.11 Å². The average molecular weight is 211 g/mol. The predicted octanol–water partition coefficient (Wildman–Crippen LogP) is 3.05. The van der Waals surface area contributed by atoms with Crippen LogP contribution in [0.2, 0.25) is 0 Å². The van der Waals surface area contributed by atoms with Gasteiger partial charge in [-0.1, -0.05) is 34.8 Å². The van der Waals surface area contributed by atoms with Gasteiger partial charge in [0.15, 0.2) is 5.75 Å². The van der Waals surface area contributed by atoms with Crippen LogP contribution in [0.1, 0.15) is 5.69 Å². The van der Waals surface area contributed by atoms with Gasteiger partial charge in [0.25, 0.3) is 0 Å². The van der Waals surface area contributed by atoms with Crippen molar-refractivity contribution in [3.63, 3.8) is 0 Å². The molecule has 0 aliphatic heterocycles. The van der Waals surface area contributed by atoms with Gasteiger partial charge in [0.2, 0.25) is 3.79 Å². The van der Waals surface area contributed by atoms with Crippen molar-refractivity contribution in [2.75, 3.05) is 0 Å². The number of aromatic nitrogens is 1. The predicted molar refractivity (Wildman–Crippen MR) is 43.6 cm³/mol. The number of nitrogens with zero attached hydrogens (tertiary/aromatic N) is 1.